The van der Waals surface area contributed by atoms with Crippen LogP contribution < -0.4 is 0 Å². The number of benzene rings is 1. The van der Waals surface area contributed by atoms with Crippen molar-refractivity contribution in [1.29, 1.82) is 0 Å². The third-order valence-electron chi connectivity index (χ3n) is 6.12. The van der Waals surface area contributed by atoms with Crippen molar-refractivity contribution in [3.05, 3.63) is 85.5 Å². The molecule has 1 heterocycles. The van der Waals surface area contributed by atoms with Crippen LogP contribution in [0.15, 0.2) is 36.4 Å². The normalized spacial score (nSPS) is 16.6. The van der Waals surface area contributed by atoms with Crippen LogP contribution >= 0.6 is 0 Å². The molecule has 1 fully saturated rings. The Morgan fingerprint density at radius 3 is 2.03 bits per heavy atom. The van der Waals surface area contributed by atoms with Crippen LogP contribution in [-0.2, 0) is 25.8 Å². The summed E-state index contributed by atoms with van der Waals surface area (Å²) in [5.41, 5.74) is 6.33. The van der Waals surface area contributed by atoms with Gasteiger partial charge in [0.15, 0.2) is 0 Å². The van der Waals surface area contributed by atoms with Crippen molar-refractivity contribution in [2.24, 2.45) is 0 Å². The summed E-state index contributed by atoms with van der Waals surface area (Å²) >= 11 is 0. The van der Waals surface area contributed by atoms with Gasteiger partial charge in [-0.25, -0.2) is 0 Å². The fraction of sp³-hybridized carbons (Fsp3) is 0.517. The van der Waals surface area contributed by atoms with Gasteiger partial charge >= 0.3 is 0 Å². The first-order valence-corrected chi connectivity index (χ1v) is 15.5. The fourth-order valence-electron chi connectivity index (χ4n) is 4.52. The molecule has 184 valence electrons. The van der Waals surface area contributed by atoms with Gasteiger partial charge in [-0.15, -0.1) is 11.6 Å². The zero-order valence-corrected chi connectivity index (χ0v) is 27.2. The van der Waals surface area contributed by atoms with E-state index in [4.69, 9.17) is 10.3 Å². The standard InChI is InChI=1S/C27H40N2Si.2CH3.Hf/c1-19(2)22-14-10-15-23(20(3)4)27(22)29-26(18-30(5,6)7)25-17-11-16-24(28-25)21-12-8-9-13-21;;;/h10-12,14-17,19-21,26H,8-9,13,18H2,1-7H3;2*1H3;/q-2;2*-1;. The van der Waals surface area contributed by atoms with Gasteiger partial charge in [0, 0.05) is 45.3 Å². The van der Waals surface area contributed by atoms with Gasteiger partial charge in [-0.05, 0) is 24.0 Å². The molecule has 0 aliphatic heterocycles. The molecule has 3 rings (SSSR count). The summed E-state index contributed by atoms with van der Waals surface area (Å²) in [6.07, 6.45) is 6.19. The summed E-state index contributed by atoms with van der Waals surface area (Å²) in [6, 6.07) is 14.6. The molecule has 2 aromatic rings. The van der Waals surface area contributed by atoms with Crippen LogP contribution in [0.25, 0.3) is 5.32 Å². The minimum Gasteiger partial charge on any atom is -0.677 e. The Morgan fingerprint density at radius 1 is 0.970 bits per heavy atom. The Bertz CT molecular complexity index is 810. The number of rotatable bonds is 8. The van der Waals surface area contributed by atoms with Crippen molar-refractivity contribution in [2.45, 2.75) is 96.4 Å². The Morgan fingerprint density at radius 2 is 1.55 bits per heavy atom. The summed E-state index contributed by atoms with van der Waals surface area (Å²) in [6.45, 7) is 16.5. The first-order chi connectivity index (χ1) is 14.2. The van der Waals surface area contributed by atoms with Gasteiger partial charge in [0.1, 0.15) is 0 Å². The van der Waals surface area contributed by atoms with E-state index in [1.54, 1.807) is 0 Å². The van der Waals surface area contributed by atoms with Gasteiger partial charge in [-0.3, -0.25) is 4.98 Å². The molecule has 0 N–H and O–H groups in total. The maximum absolute atomic E-state index is 5.49. The smallest absolute Gasteiger partial charge is 0.0434 e. The van der Waals surface area contributed by atoms with Crippen molar-refractivity contribution in [2.75, 3.05) is 0 Å². The number of aromatic nitrogens is 1. The van der Waals surface area contributed by atoms with E-state index in [-0.39, 0.29) is 46.7 Å². The molecule has 0 saturated heterocycles. The van der Waals surface area contributed by atoms with Crippen LogP contribution in [0.3, 0.4) is 0 Å². The van der Waals surface area contributed by atoms with Crippen LogP contribution in [0.2, 0.25) is 25.7 Å². The van der Waals surface area contributed by atoms with Gasteiger partial charge < -0.3 is 26.6 Å². The SMILES string of the molecule is CC(C)c1cccc(C(C)C)c1[N-]C(C[Si](C)(C)C)c1cccc(C2[CH-]CCC2)n1.[CH3-].[CH3-].[Hf]. The molecular weight excluding hydrogens is 583 g/mol. The third-order valence-corrected chi connectivity index (χ3v) is 7.73. The Balaban J connectivity index is 0.00000341. The molecule has 0 bridgehead atoms. The number of para-hydroxylation sites is 1. The monoisotopic (exact) mass is 630 g/mol. The predicted octanol–water partition coefficient (Wildman–Crippen LogP) is 9.78. The van der Waals surface area contributed by atoms with E-state index in [0.29, 0.717) is 17.8 Å². The molecule has 1 aliphatic carbocycles. The van der Waals surface area contributed by atoms with Crippen LogP contribution in [0.1, 0.15) is 93.3 Å². The molecule has 2 nitrogen and oxygen atoms in total. The maximum Gasteiger partial charge on any atom is 0.0434 e. The molecule has 1 aliphatic rings. The van der Waals surface area contributed by atoms with Crippen LogP contribution in [0, 0.1) is 21.3 Å². The largest absolute Gasteiger partial charge is 0.677 e. The van der Waals surface area contributed by atoms with Gasteiger partial charge in [0.25, 0.3) is 0 Å². The van der Waals surface area contributed by atoms with Crippen LogP contribution in [-0.4, -0.2) is 13.1 Å². The second-order valence-corrected chi connectivity index (χ2v) is 16.3. The van der Waals surface area contributed by atoms with E-state index in [2.05, 4.69) is 90.2 Å². The predicted molar refractivity (Wildman–Crippen MR) is 146 cm³/mol. The fourth-order valence-corrected chi connectivity index (χ4v) is 5.98. The number of nitrogens with zero attached hydrogens (tertiary/aromatic N) is 2. The van der Waals surface area contributed by atoms with Crippen molar-refractivity contribution in [3.63, 3.8) is 0 Å². The zero-order chi connectivity index (χ0) is 21.9. The van der Waals surface area contributed by atoms with Gasteiger partial charge in [-0.1, -0.05) is 108 Å². The number of hydrogen-bond acceptors (Lipinski definition) is 1. The maximum atomic E-state index is 5.49. The molecule has 1 aromatic heterocycles. The summed E-state index contributed by atoms with van der Waals surface area (Å²) in [5, 5.41) is 5.49. The zero-order valence-electron chi connectivity index (χ0n) is 22.6. The van der Waals surface area contributed by atoms with Gasteiger partial charge in [-0.2, -0.15) is 6.42 Å². The van der Waals surface area contributed by atoms with Gasteiger partial charge in [0.2, 0.25) is 0 Å². The third kappa shape index (κ3) is 8.76. The van der Waals surface area contributed by atoms with E-state index >= 15 is 0 Å². The average Bonchev–Trinajstić information content (AvgIpc) is 3.21. The summed E-state index contributed by atoms with van der Waals surface area (Å²) in [5.74, 6) is 1.44. The van der Waals surface area contributed by atoms with E-state index in [9.17, 15) is 0 Å². The molecule has 0 amide bonds. The number of pyridine rings is 1. The molecule has 4 heteroatoms. The van der Waals surface area contributed by atoms with Crippen molar-refractivity contribution in [1.82, 2.24) is 4.98 Å². The molecule has 1 saturated carbocycles. The molecule has 2 atom stereocenters. The molecular formula is C29H46HfN2Si-4. The van der Waals surface area contributed by atoms with E-state index in [1.165, 1.54) is 41.8 Å². The van der Waals surface area contributed by atoms with E-state index in [0.717, 1.165) is 11.7 Å². The molecule has 2 unspecified atom stereocenters. The minimum absolute atomic E-state index is 0. The quantitative estimate of drug-likeness (QED) is 0.211. The molecule has 0 spiro atoms. The molecule has 1 aromatic carbocycles. The first-order valence-electron chi connectivity index (χ1n) is 11.8. The summed E-state index contributed by atoms with van der Waals surface area (Å²) < 4.78 is 0. The Hall–Kier alpha value is -0.743. The first kappa shape index (κ1) is 32.3. The molecule has 0 radical (unpaired) electrons. The molecule has 33 heavy (non-hydrogen) atoms. The van der Waals surface area contributed by atoms with Gasteiger partial charge in [0.05, 0.1) is 0 Å². The van der Waals surface area contributed by atoms with Crippen molar-refractivity contribution in [3.8, 4) is 0 Å². The van der Waals surface area contributed by atoms with E-state index in [1.807, 2.05) is 0 Å². The topological polar surface area (TPSA) is 27.0 Å². The summed E-state index contributed by atoms with van der Waals surface area (Å²) in [4.78, 5) is 5.18. The minimum atomic E-state index is -1.34. The Labute approximate surface area is 225 Å². The van der Waals surface area contributed by atoms with Crippen molar-refractivity contribution < 1.29 is 25.8 Å². The number of hydrogen-bond donors (Lipinski definition) is 0. The van der Waals surface area contributed by atoms with E-state index < -0.39 is 8.07 Å². The second kappa shape index (κ2) is 14.0. The second-order valence-electron chi connectivity index (χ2n) is 10.8. The van der Waals surface area contributed by atoms with Crippen LogP contribution in [0.4, 0.5) is 5.69 Å². The average molecular weight is 629 g/mol. The Kier molecular flexibility index (Phi) is 13.7. The van der Waals surface area contributed by atoms with Crippen LogP contribution in [0.5, 0.6) is 0 Å². The van der Waals surface area contributed by atoms with Crippen molar-refractivity contribution >= 4 is 13.8 Å². The summed E-state index contributed by atoms with van der Waals surface area (Å²) in [7, 11) is -1.34.